The smallest absolute Gasteiger partial charge is 0.114 e. The van der Waals surface area contributed by atoms with E-state index in [1.165, 1.54) is 11.0 Å². The molecule has 3 heteroatoms. The zero-order chi connectivity index (χ0) is 13.2. The first-order valence-corrected chi connectivity index (χ1v) is 7.70. The van der Waals surface area contributed by atoms with Gasteiger partial charge in [-0.15, -0.1) is 0 Å². The lowest BCUT2D eigenvalue weighted by Crippen LogP contribution is -2.29. The van der Waals surface area contributed by atoms with Crippen molar-refractivity contribution in [2.24, 2.45) is 0 Å². The highest BCUT2D eigenvalue weighted by molar-refractivity contribution is 9.09. The van der Waals surface area contributed by atoms with Gasteiger partial charge in [-0.2, -0.15) is 0 Å². The minimum atomic E-state index is 0.425. The number of halogens is 1. The molecule has 0 spiro atoms. The Morgan fingerprint density at radius 3 is 2.84 bits per heavy atom. The van der Waals surface area contributed by atoms with E-state index in [9.17, 15) is 0 Å². The number of hydrogen-bond donors (Lipinski definition) is 0. The summed E-state index contributed by atoms with van der Waals surface area (Å²) in [6.45, 7) is 2.16. The molecule has 1 heterocycles. The second-order valence-electron chi connectivity index (χ2n) is 4.79. The minimum absolute atomic E-state index is 0.425. The van der Waals surface area contributed by atoms with Crippen LogP contribution in [0.25, 0.3) is 17.8 Å². The van der Waals surface area contributed by atoms with Crippen molar-refractivity contribution in [3.63, 3.8) is 0 Å². The lowest BCUT2D eigenvalue weighted by molar-refractivity contribution is 0.868. The van der Waals surface area contributed by atoms with Gasteiger partial charge < -0.3 is 0 Å². The maximum Gasteiger partial charge on any atom is 0.114 e. The molecule has 0 amide bonds. The van der Waals surface area contributed by atoms with Gasteiger partial charge in [0.05, 0.1) is 10.7 Å². The van der Waals surface area contributed by atoms with Crippen molar-refractivity contribution in [3.05, 3.63) is 46.9 Å². The molecule has 0 unspecified atom stereocenters. The third-order valence-corrected chi connectivity index (χ3v) is 4.18. The highest BCUT2D eigenvalue weighted by Gasteiger charge is 2.11. The van der Waals surface area contributed by atoms with E-state index in [0.29, 0.717) is 4.83 Å². The molecular formula is C16H17BrN2. The third-order valence-electron chi connectivity index (χ3n) is 3.46. The molecule has 0 radical (unpaired) electrons. The highest BCUT2D eigenvalue weighted by Crippen LogP contribution is 2.12. The number of imidazole rings is 1. The zero-order valence-corrected chi connectivity index (χ0v) is 12.6. The van der Waals surface area contributed by atoms with Crippen molar-refractivity contribution >= 4 is 28.1 Å². The van der Waals surface area contributed by atoms with Crippen LogP contribution in [0.2, 0.25) is 0 Å². The Kier molecular flexibility index (Phi) is 3.56. The average molecular weight is 317 g/mol. The number of fused-ring (bicyclic) bond motifs is 1. The fourth-order valence-corrected chi connectivity index (χ4v) is 3.07. The zero-order valence-electron chi connectivity index (χ0n) is 11.0. The van der Waals surface area contributed by atoms with Crippen LogP contribution >= 0.6 is 15.9 Å². The molecule has 0 fully saturated rings. The Balaban J connectivity index is 2.31. The van der Waals surface area contributed by atoms with Crippen LogP contribution in [0.1, 0.15) is 25.6 Å². The molecule has 0 saturated carbocycles. The number of nitrogens with zero attached hydrogens (tertiary/aromatic N) is 2. The standard InChI is InChI=1S/C16H17BrN2/c1-2-16-18-14-11-12(17)7-6-10-15(14)19(16)13-8-4-3-5-9-13/h3-5,8-12H,2,6-7H2,1H3/t12-/m1/s1. The first kappa shape index (κ1) is 12.7. The van der Waals surface area contributed by atoms with Gasteiger partial charge in [-0.25, -0.2) is 4.98 Å². The summed E-state index contributed by atoms with van der Waals surface area (Å²) < 4.78 is 2.29. The maximum atomic E-state index is 4.80. The number of hydrogen-bond acceptors (Lipinski definition) is 1. The highest BCUT2D eigenvalue weighted by atomic mass is 79.9. The molecule has 19 heavy (non-hydrogen) atoms. The Labute approximate surface area is 121 Å². The first-order chi connectivity index (χ1) is 9.29. The average Bonchev–Trinajstić information content (AvgIpc) is 2.67. The van der Waals surface area contributed by atoms with Crippen LogP contribution in [-0.2, 0) is 6.42 Å². The van der Waals surface area contributed by atoms with Gasteiger partial charge in [0.1, 0.15) is 5.82 Å². The number of alkyl halides is 1. The third kappa shape index (κ3) is 2.39. The largest absolute Gasteiger partial charge is 0.297 e. The van der Waals surface area contributed by atoms with Crippen LogP contribution in [-0.4, -0.2) is 14.4 Å². The summed E-state index contributed by atoms with van der Waals surface area (Å²) in [6, 6.07) is 10.5. The van der Waals surface area contributed by atoms with Crippen LogP contribution in [0.15, 0.2) is 30.3 Å². The molecule has 1 aliphatic rings. The van der Waals surface area contributed by atoms with Gasteiger partial charge >= 0.3 is 0 Å². The van der Waals surface area contributed by atoms with Gasteiger partial charge in [0.2, 0.25) is 0 Å². The molecule has 1 aromatic carbocycles. The Bertz CT molecular complexity index is 686. The summed E-state index contributed by atoms with van der Waals surface area (Å²) >= 11 is 3.70. The second kappa shape index (κ2) is 5.33. The Hall–Kier alpha value is -1.35. The summed E-state index contributed by atoms with van der Waals surface area (Å²) in [6.07, 6.45) is 7.70. The predicted molar refractivity (Wildman–Crippen MR) is 83.1 cm³/mol. The number of benzene rings is 1. The van der Waals surface area contributed by atoms with Crippen molar-refractivity contribution in [3.8, 4) is 5.69 Å². The molecule has 98 valence electrons. The van der Waals surface area contributed by atoms with Gasteiger partial charge in [0.15, 0.2) is 0 Å². The molecule has 1 aromatic heterocycles. The summed E-state index contributed by atoms with van der Waals surface area (Å²) in [4.78, 5) is 5.23. The van der Waals surface area contributed by atoms with Crippen LogP contribution < -0.4 is 10.7 Å². The molecule has 0 bridgehead atoms. The van der Waals surface area contributed by atoms with Gasteiger partial charge in [-0.3, -0.25) is 4.57 Å². The predicted octanol–water partition coefficient (Wildman–Crippen LogP) is 2.55. The van der Waals surface area contributed by atoms with E-state index in [2.05, 4.69) is 69.9 Å². The molecule has 1 atom stereocenters. The van der Waals surface area contributed by atoms with Gasteiger partial charge in [-0.1, -0.05) is 47.1 Å². The summed E-state index contributed by atoms with van der Waals surface area (Å²) in [7, 11) is 0. The molecule has 3 rings (SSSR count). The molecule has 0 N–H and O–H groups in total. The second-order valence-corrected chi connectivity index (χ2v) is 5.96. The topological polar surface area (TPSA) is 17.8 Å². The molecular weight excluding hydrogens is 300 g/mol. The molecule has 0 saturated heterocycles. The van der Waals surface area contributed by atoms with E-state index in [4.69, 9.17) is 4.98 Å². The van der Waals surface area contributed by atoms with E-state index in [-0.39, 0.29) is 0 Å². The summed E-state index contributed by atoms with van der Waals surface area (Å²) in [5.74, 6) is 1.13. The molecule has 1 aliphatic carbocycles. The summed E-state index contributed by atoms with van der Waals surface area (Å²) in [5.41, 5.74) is 1.20. The Morgan fingerprint density at radius 1 is 1.32 bits per heavy atom. The van der Waals surface area contributed by atoms with E-state index in [1.807, 2.05) is 0 Å². The van der Waals surface area contributed by atoms with Gasteiger partial charge in [0, 0.05) is 16.9 Å². The molecule has 0 aliphatic heterocycles. The monoisotopic (exact) mass is 316 g/mol. The van der Waals surface area contributed by atoms with Crippen LogP contribution in [0.5, 0.6) is 0 Å². The lowest BCUT2D eigenvalue weighted by atomic mass is 10.2. The van der Waals surface area contributed by atoms with E-state index >= 15 is 0 Å². The van der Waals surface area contributed by atoms with E-state index in [0.717, 1.165) is 30.4 Å². The van der Waals surface area contributed by atoms with Crippen molar-refractivity contribution in [1.29, 1.82) is 0 Å². The van der Waals surface area contributed by atoms with Gasteiger partial charge in [-0.05, 0) is 31.1 Å². The molecule has 2 nitrogen and oxygen atoms in total. The normalized spacial score (nSPS) is 18.1. The first-order valence-electron chi connectivity index (χ1n) is 6.78. The van der Waals surface area contributed by atoms with Crippen molar-refractivity contribution in [2.45, 2.75) is 31.0 Å². The quantitative estimate of drug-likeness (QED) is 0.779. The fraction of sp³-hybridized carbons (Fsp3) is 0.312. The lowest BCUT2D eigenvalue weighted by Gasteiger charge is -2.06. The van der Waals surface area contributed by atoms with Crippen LogP contribution in [0, 0.1) is 0 Å². The maximum absolute atomic E-state index is 4.80. The number of aromatic nitrogens is 2. The summed E-state index contributed by atoms with van der Waals surface area (Å²) in [5, 5.41) is 2.35. The number of aryl methyl sites for hydroxylation is 1. The van der Waals surface area contributed by atoms with Gasteiger partial charge in [0.25, 0.3) is 0 Å². The van der Waals surface area contributed by atoms with E-state index in [1.54, 1.807) is 0 Å². The number of rotatable bonds is 2. The van der Waals surface area contributed by atoms with Crippen molar-refractivity contribution in [2.75, 3.05) is 0 Å². The van der Waals surface area contributed by atoms with E-state index < -0.39 is 0 Å². The minimum Gasteiger partial charge on any atom is -0.297 e. The van der Waals surface area contributed by atoms with Crippen LogP contribution in [0.3, 0.4) is 0 Å². The van der Waals surface area contributed by atoms with Crippen LogP contribution in [0.4, 0.5) is 0 Å². The number of para-hydroxylation sites is 1. The van der Waals surface area contributed by atoms with Crippen molar-refractivity contribution in [1.82, 2.24) is 9.55 Å². The molecule has 2 aromatic rings. The fourth-order valence-electron chi connectivity index (χ4n) is 2.55. The Morgan fingerprint density at radius 2 is 2.11 bits per heavy atom. The SMILES string of the molecule is CCc1nc2c(n1-c1ccccc1)=CCC[C@@H](Br)C=2. The van der Waals surface area contributed by atoms with Crippen molar-refractivity contribution < 1.29 is 0 Å².